The van der Waals surface area contributed by atoms with Gasteiger partial charge in [0.05, 0.1) is 18.8 Å². The highest BCUT2D eigenvalue weighted by Gasteiger charge is 2.36. The fourth-order valence-electron chi connectivity index (χ4n) is 2.68. The summed E-state index contributed by atoms with van der Waals surface area (Å²) in [5, 5.41) is 4.34. The third-order valence-electron chi connectivity index (χ3n) is 3.67. The molecule has 1 fully saturated rings. The second-order valence-electron chi connectivity index (χ2n) is 5.34. The molecule has 0 spiro atoms. The molecule has 3 rings (SSSR count). The molecule has 1 saturated carbocycles. The van der Waals surface area contributed by atoms with Crippen molar-refractivity contribution >= 4 is 11.3 Å². The third-order valence-corrected chi connectivity index (χ3v) is 4.38. The van der Waals surface area contributed by atoms with Gasteiger partial charge in [0.25, 0.3) is 0 Å². The summed E-state index contributed by atoms with van der Waals surface area (Å²) in [5.41, 5.74) is 7.59. The van der Waals surface area contributed by atoms with Crippen LogP contribution in [0.5, 0.6) is 0 Å². The van der Waals surface area contributed by atoms with Crippen molar-refractivity contribution in [1.29, 1.82) is 0 Å². The van der Waals surface area contributed by atoms with E-state index in [1.54, 1.807) is 17.6 Å². The van der Waals surface area contributed by atoms with Gasteiger partial charge in [0.2, 0.25) is 0 Å². The van der Waals surface area contributed by atoms with Crippen LogP contribution in [-0.4, -0.2) is 17.0 Å². The molecule has 19 heavy (non-hydrogen) atoms. The molecule has 2 aromatic rings. The van der Waals surface area contributed by atoms with E-state index in [4.69, 9.17) is 10.2 Å². The first kappa shape index (κ1) is 12.9. The number of nitrogens with two attached hydrogens (primary N) is 1. The summed E-state index contributed by atoms with van der Waals surface area (Å²) >= 11 is 1.74. The summed E-state index contributed by atoms with van der Waals surface area (Å²) in [6, 6.07) is 7.23. The summed E-state index contributed by atoms with van der Waals surface area (Å²) in [5.74, 6) is 1.02. The summed E-state index contributed by atoms with van der Waals surface area (Å²) < 4.78 is 5.51. The van der Waals surface area contributed by atoms with Crippen molar-refractivity contribution in [2.45, 2.75) is 44.4 Å². The van der Waals surface area contributed by atoms with E-state index < -0.39 is 0 Å². The number of hydrogen-bond donors (Lipinski definition) is 1. The number of nitrogens with zero attached hydrogens (tertiary/aromatic N) is 1. The summed E-state index contributed by atoms with van der Waals surface area (Å²) in [6.07, 6.45) is 4.29. The average molecular weight is 276 g/mol. The van der Waals surface area contributed by atoms with Gasteiger partial charge < -0.3 is 10.2 Å². The van der Waals surface area contributed by atoms with Crippen LogP contribution in [0.1, 0.15) is 37.1 Å². The van der Waals surface area contributed by atoms with Gasteiger partial charge in [-0.3, -0.25) is 4.90 Å². The Hall–Kier alpha value is -1.10. The van der Waals surface area contributed by atoms with Gasteiger partial charge in [0.15, 0.2) is 0 Å². The van der Waals surface area contributed by atoms with Crippen LogP contribution in [0.2, 0.25) is 0 Å². The molecule has 0 bridgehead atoms. The molecule has 2 N–H and O–H groups in total. The Morgan fingerprint density at radius 2 is 2.32 bits per heavy atom. The normalized spacial score (nSPS) is 18.7. The standard InChI is InChI=1S/C15H20N2OS/c1-11(16)15(12-6-8-19-10-12)17(13-4-5-13)9-14-3-2-7-18-14/h2-3,6-8,10-11,13,15H,4-5,9,16H2,1H3. The minimum atomic E-state index is 0.116. The van der Waals surface area contributed by atoms with E-state index in [0.29, 0.717) is 6.04 Å². The fraction of sp³-hybridized carbons (Fsp3) is 0.467. The van der Waals surface area contributed by atoms with Crippen molar-refractivity contribution in [3.8, 4) is 0 Å². The lowest BCUT2D eigenvalue weighted by atomic mass is 10.0. The lowest BCUT2D eigenvalue weighted by Crippen LogP contribution is -2.40. The van der Waals surface area contributed by atoms with Gasteiger partial charge in [-0.25, -0.2) is 0 Å². The SMILES string of the molecule is CC(N)C(c1ccsc1)N(Cc1ccco1)C1CC1. The fourth-order valence-corrected chi connectivity index (χ4v) is 3.37. The molecule has 3 nitrogen and oxygen atoms in total. The molecule has 2 atom stereocenters. The molecule has 4 heteroatoms. The van der Waals surface area contributed by atoms with E-state index in [2.05, 4.69) is 28.7 Å². The Kier molecular flexibility index (Phi) is 3.73. The van der Waals surface area contributed by atoms with Gasteiger partial charge >= 0.3 is 0 Å². The van der Waals surface area contributed by atoms with Crippen molar-refractivity contribution in [3.63, 3.8) is 0 Å². The molecule has 0 saturated heterocycles. The zero-order valence-electron chi connectivity index (χ0n) is 11.2. The van der Waals surface area contributed by atoms with Crippen LogP contribution < -0.4 is 5.73 Å². The smallest absolute Gasteiger partial charge is 0.117 e. The highest BCUT2D eigenvalue weighted by Crippen LogP contribution is 2.37. The summed E-state index contributed by atoms with van der Waals surface area (Å²) in [6.45, 7) is 2.94. The molecule has 102 valence electrons. The predicted octanol–water partition coefficient (Wildman–Crippen LogP) is 3.39. The quantitative estimate of drug-likeness (QED) is 0.879. The molecule has 1 aliphatic rings. The van der Waals surface area contributed by atoms with Gasteiger partial charge in [0, 0.05) is 12.1 Å². The second-order valence-corrected chi connectivity index (χ2v) is 6.12. The van der Waals surface area contributed by atoms with Crippen molar-refractivity contribution in [2.24, 2.45) is 5.73 Å². The lowest BCUT2D eigenvalue weighted by Gasteiger charge is -2.33. The second kappa shape index (κ2) is 5.49. The van der Waals surface area contributed by atoms with E-state index in [0.717, 1.165) is 12.3 Å². The largest absolute Gasteiger partial charge is 0.468 e. The molecule has 2 heterocycles. The van der Waals surface area contributed by atoms with Crippen LogP contribution in [0, 0.1) is 0 Å². The van der Waals surface area contributed by atoms with E-state index in [9.17, 15) is 0 Å². The van der Waals surface area contributed by atoms with E-state index >= 15 is 0 Å². The van der Waals surface area contributed by atoms with Crippen molar-refractivity contribution in [3.05, 3.63) is 46.5 Å². The zero-order chi connectivity index (χ0) is 13.2. The minimum absolute atomic E-state index is 0.116. The van der Waals surface area contributed by atoms with Crippen LogP contribution in [0.4, 0.5) is 0 Å². The first-order valence-electron chi connectivity index (χ1n) is 6.81. The van der Waals surface area contributed by atoms with Crippen LogP contribution in [-0.2, 0) is 6.54 Å². The highest BCUT2D eigenvalue weighted by atomic mass is 32.1. The number of furan rings is 1. The Labute approximate surface area is 118 Å². The summed E-state index contributed by atoms with van der Waals surface area (Å²) in [7, 11) is 0. The summed E-state index contributed by atoms with van der Waals surface area (Å²) in [4.78, 5) is 2.51. The van der Waals surface area contributed by atoms with E-state index in [1.165, 1.54) is 18.4 Å². The Morgan fingerprint density at radius 1 is 1.47 bits per heavy atom. The molecule has 2 unspecified atom stereocenters. The number of hydrogen-bond acceptors (Lipinski definition) is 4. The maximum atomic E-state index is 6.26. The van der Waals surface area contributed by atoms with E-state index in [1.807, 2.05) is 12.1 Å². The average Bonchev–Trinajstić information content (AvgIpc) is 2.88. The van der Waals surface area contributed by atoms with Crippen molar-refractivity contribution < 1.29 is 4.42 Å². The van der Waals surface area contributed by atoms with Gasteiger partial charge in [-0.05, 0) is 54.3 Å². The van der Waals surface area contributed by atoms with Gasteiger partial charge in [0.1, 0.15) is 5.76 Å². The maximum absolute atomic E-state index is 6.26. The monoisotopic (exact) mass is 276 g/mol. The highest BCUT2D eigenvalue weighted by molar-refractivity contribution is 7.07. The van der Waals surface area contributed by atoms with Crippen molar-refractivity contribution in [1.82, 2.24) is 4.90 Å². The van der Waals surface area contributed by atoms with Crippen LogP contribution in [0.3, 0.4) is 0 Å². The number of rotatable bonds is 6. The number of thiophene rings is 1. The maximum Gasteiger partial charge on any atom is 0.117 e. The molecule has 0 radical (unpaired) electrons. The molecule has 1 aliphatic carbocycles. The van der Waals surface area contributed by atoms with Crippen LogP contribution in [0.25, 0.3) is 0 Å². The molecule has 0 aliphatic heterocycles. The van der Waals surface area contributed by atoms with Crippen molar-refractivity contribution in [2.75, 3.05) is 0 Å². The van der Waals surface area contributed by atoms with Crippen LogP contribution in [0.15, 0.2) is 39.6 Å². The van der Waals surface area contributed by atoms with Crippen LogP contribution >= 0.6 is 11.3 Å². The van der Waals surface area contributed by atoms with Gasteiger partial charge in [-0.1, -0.05) is 0 Å². The Bertz CT molecular complexity index is 488. The van der Waals surface area contributed by atoms with Gasteiger partial charge in [-0.2, -0.15) is 11.3 Å². The zero-order valence-corrected chi connectivity index (χ0v) is 12.0. The Morgan fingerprint density at radius 3 is 2.84 bits per heavy atom. The molecular formula is C15H20N2OS. The van der Waals surface area contributed by atoms with Gasteiger partial charge in [-0.15, -0.1) is 0 Å². The first-order chi connectivity index (χ1) is 9.25. The molecular weight excluding hydrogens is 256 g/mol. The van der Waals surface area contributed by atoms with E-state index in [-0.39, 0.29) is 12.1 Å². The minimum Gasteiger partial charge on any atom is -0.468 e. The predicted molar refractivity (Wildman–Crippen MR) is 78.0 cm³/mol. The first-order valence-corrected chi connectivity index (χ1v) is 7.76. The third kappa shape index (κ3) is 2.91. The lowest BCUT2D eigenvalue weighted by molar-refractivity contribution is 0.146. The molecule has 0 amide bonds. The topological polar surface area (TPSA) is 42.4 Å². The Balaban J connectivity index is 1.84. The molecule has 2 aromatic heterocycles. The molecule has 0 aromatic carbocycles.